The highest BCUT2D eigenvalue weighted by atomic mass is 35.5. The lowest BCUT2D eigenvalue weighted by Gasteiger charge is -2.21. The molecule has 0 aliphatic heterocycles. The van der Waals surface area contributed by atoms with Gasteiger partial charge >= 0.3 is 24.3 Å². The summed E-state index contributed by atoms with van der Waals surface area (Å²) in [7, 11) is 0. The molecule has 0 amide bonds. The van der Waals surface area contributed by atoms with E-state index in [1.165, 1.54) is 6.07 Å². The summed E-state index contributed by atoms with van der Waals surface area (Å²) in [6.07, 6.45) is -11.2. The Morgan fingerprint density at radius 2 is 1.15 bits per heavy atom. The lowest BCUT2D eigenvalue weighted by Crippen LogP contribution is -2.22. The van der Waals surface area contributed by atoms with Gasteiger partial charge in [0, 0.05) is 0 Å². The zero-order valence-electron chi connectivity index (χ0n) is 12.9. The number of aromatic carboxylic acids is 2. The fourth-order valence-corrected chi connectivity index (χ4v) is 2.50. The fraction of sp³-hybridized carbons (Fsp3) is 0.125. The first-order chi connectivity index (χ1) is 11.9. The Balaban J connectivity index is 0.00000364. The molecule has 0 aromatic heterocycles. The van der Waals surface area contributed by atoms with Crippen LogP contribution in [0.15, 0.2) is 36.4 Å². The van der Waals surface area contributed by atoms with Gasteiger partial charge in [-0.1, -0.05) is 24.3 Å². The number of rotatable bonds is 3. The zero-order chi connectivity index (χ0) is 19.9. The Hall–Kier alpha value is -2.75. The van der Waals surface area contributed by atoms with Crippen molar-refractivity contribution in [2.45, 2.75) is 12.4 Å². The smallest absolute Gasteiger partial charge is 0.417 e. The summed E-state index contributed by atoms with van der Waals surface area (Å²) in [6.45, 7) is 0. The SMILES string of the molecule is Cl.O=C(O)c1ccccc1-c1ccc(C(=O)O)c(C(F)(F)F)c1C(F)(F)F. The van der Waals surface area contributed by atoms with Gasteiger partial charge in [-0.2, -0.15) is 26.3 Å². The van der Waals surface area contributed by atoms with E-state index in [1.807, 2.05) is 0 Å². The summed E-state index contributed by atoms with van der Waals surface area (Å²) in [6, 6.07) is 5.07. The van der Waals surface area contributed by atoms with Crippen LogP contribution >= 0.6 is 12.4 Å². The molecular formula is C16H9ClF6O4. The fourth-order valence-electron chi connectivity index (χ4n) is 2.50. The van der Waals surface area contributed by atoms with Crippen LogP contribution in [0.4, 0.5) is 26.3 Å². The van der Waals surface area contributed by atoms with E-state index in [0.717, 1.165) is 18.2 Å². The molecule has 0 atom stereocenters. The summed E-state index contributed by atoms with van der Waals surface area (Å²) in [5.41, 5.74) is -8.56. The van der Waals surface area contributed by atoms with Gasteiger partial charge in [-0.05, 0) is 23.3 Å². The maximum Gasteiger partial charge on any atom is 0.417 e. The van der Waals surface area contributed by atoms with Crippen molar-refractivity contribution in [3.05, 3.63) is 58.7 Å². The normalized spacial score (nSPS) is 11.6. The van der Waals surface area contributed by atoms with Crippen LogP contribution in [-0.4, -0.2) is 22.2 Å². The predicted octanol–water partition coefficient (Wildman–Crippen LogP) is 5.21. The number of hydrogen-bond donors (Lipinski definition) is 2. The topological polar surface area (TPSA) is 74.6 Å². The highest BCUT2D eigenvalue weighted by molar-refractivity contribution is 5.98. The number of halogens is 7. The molecule has 0 saturated heterocycles. The minimum Gasteiger partial charge on any atom is -0.478 e. The summed E-state index contributed by atoms with van der Waals surface area (Å²) in [5, 5.41) is 18.0. The molecule has 4 nitrogen and oxygen atoms in total. The lowest BCUT2D eigenvalue weighted by molar-refractivity contribution is -0.162. The monoisotopic (exact) mass is 414 g/mol. The van der Waals surface area contributed by atoms with Crippen LogP contribution in [0.3, 0.4) is 0 Å². The van der Waals surface area contributed by atoms with E-state index in [9.17, 15) is 35.9 Å². The van der Waals surface area contributed by atoms with E-state index in [2.05, 4.69) is 0 Å². The minimum absolute atomic E-state index is 0. The van der Waals surface area contributed by atoms with Gasteiger partial charge in [-0.25, -0.2) is 9.59 Å². The largest absolute Gasteiger partial charge is 0.478 e. The molecule has 0 aliphatic carbocycles. The predicted molar refractivity (Wildman–Crippen MR) is 83.0 cm³/mol. The Labute approximate surface area is 153 Å². The Morgan fingerprint density at radius 3 is 1.59 bits per heavy atom. The molecule has 0 aliphatic rings. The maximum atomic E-state index is 13.5. The van der Waals surface area contributed by atoms with Crippen molar-refractivity contribution in [2.24, 2.45) is 0 Å². The first kappa shape index (κ1) is 22.3. The van der Waals surface area contributed by atoms with Crippen molar-refractivity contribution < 1.29 is 46.1 Å². The molecule has 0 fully saturated rings. The number of benzene rings is 2. The number of carboxylic acid groups (broad SMARTS) is 2. The van der Waals surface area contributed by atoms with Crippen LogP contribution < -0.4 is 0 Å². The third kappa shape index (κ3) is 4.33. The van der Waals surface area contributed by atoms with Gasteiger partial charge in [0.25, 0.3) is 0 Å². The van der Waals surface area contributed by atoms with Gasteiger partial charge in [0.1, 0.15) is 0 Å². The summed E-state index contributed by atoms with van der Waals surface area (Å²) in [5.74, 6) is -3.84. The lowest BCUT2D eigenvalue weighted by atomic mass is 9.89. The van der Waals surface area contributed by atoms with Crippen molar-refractivity contribution in [1.29, 1.82) is 0 Å². The highest BCUT2D eigenvalue weighted by Crippen LogP contribution is 2.47. The molecule has 0 unspecified atom stereocenters. The summed E-state index contributed by atoms with van der Waals surface area (Å²) < 4.78 is 80.2. The van der Waals surface area contributed by atoms with Crippen LogP contribution in [0.2, 0.25) is 0 Å². The molecule has 0 bridgehead atoms. The summed E-state index contributed by atoms with van der Waals surface area (Å²) >= 11 is 0. The molecule has 0 radical (unpaired) electrons. The van der Waals surface area contributed by atoms with Crippen LogP contribution in [0.5, 0.6) is 0 Å². The van der Waals surface area contributed by atoms with Gasteiger partial charge in [0.15, 0.2) is 0 Å². The average Bonchev–Trinajstić information content (AvgIpc) is 2.51. The van der Waals surface area contributed by atoms with E-state index in [-0.39, 0.29) is 12.4 Å². The Morgan fingerprint density at radius 1 is 0.667 bits per heavy atom. The average molecular weight is 415 g/mol. The van der Waals surface area contributed by atoms with Crippen LogP contribution in [0.1, 0.15) is 31.8 Å². The number of hydrogen-bond acceptors (Lipinski definition) is 2. The first-order valence-electron chi connectivity index (χ1n) is 6.73. The Kier molecular flexibility index (Phi) is 6.17. The van der Waals surface area contributed by atoms with Gasteiger partial charge in [-0.15, -0.1) is 12.4 Å². The second-order valence-corrected chi connectivity index (χ2v) is 5.06. The van der Waals surface area contributed by atoms with Crippen LogP contribution in [0.25, 0.3) is 11.1 Å². The highest BCUT2D eigenvalue weighted by Gasteiger charge is 2.48. The molecule has 2 N–H and O–H groups in total. The maximum absolute atomic E-state index is 13.5. The number of carbonyl (C=O) groups is 2. The van der Waals surface area contributed by atoms with E-state index in [1.54, 1.807) is 0 Å². The van der Waals surface area contributed by atoms with Crippen molar-refractivity contribution in [3.63, 3.8) is 0 Å². The molecule has 2 aromatic carbocycles. The van der Waals surface area contributed by atoms with Gasteiger partial charge in [-0.3, -0.25) is 0 Å². The van der Waals surface area contributed by atoms with E-state index >= 15 is 0 Å². The molecule has 27 heavy (non-hydrogen) atoms. The van der Waals surface area contributed by atoms with Crippen LogP contribution in [0, 0.1) is 0 Å². The van der Waals surface area contributed by atoms with Gasteiger partial charge < -0.3 is 10.2 Å². The second kappa shape index (κ2) is 7.47. The zero-order valence-corrected chi connectivity index (χ0v) is 13.7. The molecule has 146 valence electrons. The molecule has 11 heteroatoms. The second-order valence-electron chi connectivity index (χ2n) is 5.06. The molecule has 0 saturated carbocycles. The van der Waals surface area contributed by atoms with E-state index in [4.69, 9.17) is 10.2 Å². The van der Waals surface area contributed by atoms with Crippen molar-refractivity contribution in [2.75, 3.05) is 0 Å². The number of alkyl halides is 6. The molecular weight excluding hydrogens is 406 g/mol. The van der Waals surface area contributed by atoms with E-state index in [0.29, 0.717) is 12.1 Å². The first-order valence-corrected chi connectivity index (χ1v) is 6.73. The Bertz CT molecular complexity index is 889. The van der Waals surface area contributed by atoms with Crippen LogP contribution in [-0.2, 0) is 12.4 Å². The summed E-state index contributed by atoms with van der Waals surface area (Å²) in [4.78, 5) is 22.2. The van der Waals surface area contributed by atoms with Gasteiger partial charge in [0.2, 0.25) is 0 Å². The quantitative estimate of drug-likeness (QED) is 0.676. The molecule has 2 aromatic rings. The van der Waals surface area contributed by atoms with Crippen molar-refractivity contribution >= 4 is 24.3 Å². The standard InChI is InChI=1S/C16H8F6O4.ClH/c17-15(18,19)11-8(7-3-1-2-4-9(7)13(23)24)5-6-10(14(25)26)12(11)16(20,21)22;/h1-6H,(H,23,24)(H,25,26);1H. The molecule has 0 heterocycles. The number of carboxylic acids is 2. The third-order valence-corrected chi connectivity index (χ3v) is 3.45. The third-order valence-electron chi connectivity index (χ3n) is 3.45. The van der Waals surface area contributed by atoms with Crippen molar-refractivity contribution in [3.8, 4) is 11.1 Å². The van der Waals surface area contributed by atoms with Gasteiger partial charge in [0.05, 0.1) is 22.3 Å². The van der Waals surface area contributed by atoms with Crippen molar-refractivity contribution in [1.82, 2.24) is 0 Å². The molecule has 2 rings (SSSR count). The minimum atomic E-state index is -5.63. The van der Waals surface area contributed by atoms with E-state index < -0.39 is 57.7 Å². The molecule has 0 spiro atoms.